The minimum Gasteiger partial charge on any atom is -0.480 e. The van der Waals surface area contributed by atoms with E-state index < -0.39 is 41.9 Å². The number of carboxylic acids is 1. The van der Waals surface area contributed by atoms with Gasteiger partial charge in [0.1, 0.15) is 12.6 Å². The fraction of sp³-hybridized carbons (Fsp3) is 0.400. The molecule has 35 heavy (non-hydrogen) atoms. The number of benzene rings is 2. The van der Waals surface area contributed by atoms with Crippen molar-refractivity contribution < 1.29 is 33.0 Å². The number of alkyl carbamates (subject to hydrolysis) is 1. The lowest BCUT2D eigenvalue weighted by atomic mass is 9.98. The highest BCUT2D eigenvalue weighted by Gasteiger charge is 2.54. The first-order chi connectivity index (χ1) is 16.8. The smallest absolute Gasteiger partial charge is 0.407 e. The molecule has 2 N–H and O–H groups in total. The largest absolute Gasteiger partial charge is 0.480 e. The van der Waals surface area contributed by atoms with Crippen LogP contribution in [-0.4, -0.2) is 64.2 Å². The Balaban J connectivity index is 1.21. The average molecular weight is 503 g/mol. The molecule has 2 fully saturated rings. The summed E-state index contributed by atoms with van der Waals surface area (Å²) in [7, 11) is 0. The third kappa shape index (κ3) is 4.47. The first-order valence-electron chi connectivity index (χ1n) is 11.4. The molecule has 0 radical (unpaired) electrons. The van der Waals surface area contributed by atoms with Crippen molar-refractivity contribution in [1.82, 2.24) is 10.2 Å². The van der Waals surface area contributed by atoms with Gasteiger partial charge in [0.15, 0.2) is 0 Å². The first-order valence-corrected chi connectivity index (χ1v) is 12.5. The van der Waals surface area contributed by atoms with Crippen LogP contribution in [0.5, 0.6) is 0 Å². The number of ether oxygens (including phenoxy) is 1. The molecule has 7 nitrogen and oxygen atoms in total. The van der Waals surface area contributed by atoms with Crippen LogP contribution in [0, 0.1) is 5.92 Å². The van der Waals surface area contributed by atoms with Crippen molar-refractivity contribution in [2.45, 2.75) is 36.1 Å². The van der Waals surface area contributed by atoms with Crippen LogP contribution in [-0.2, 0) is 14.3 Å². The van der Waals surface area contributed by atoms with Gasteiger partial charge in [-0.2, -0.15) is 8.78 Å². The molecule has 0 spiro atoms. The van der Waals surface area contributed by atoms with Crippen molar-refractivity contribution in [2.24, 2.45) is 5.92 Å². The molecule has 3 aliphatic rings. The van der Waals surface area contributed by atoms with E-state index in [4.69, 9.17) is 4.74 Å². The minimum atomic E-state index is -3.96. The van der Waals surface area contributed by atoms with E-state index in [2.05, 4.69) is 0 Å². The number of nitrogens with zero attached hydrogens (tertiary/aromatic N) is 1. The van der Waals surface area contributed by atoms with Crippen LogP contribution in [0.15, 0.2) is 48.5 Å². The summed E-state index contributed by atoms with van der Waals surface area (Å²) in [4.78, 5) is 37.3. The molecule has 1 saturated carbocycles. The Kier molecular flexibility index (Phi) is 6.16. The van der Waals surface area contributed by atoms with E-state index in [0.717, 1.165) is 40.0 Å². The van der Waals surface area contributed by atoms with E-state index in [-0.39, 0.29) is 24.2 Å². The Morgan fingerprint density at radius 2 is 1.66 bits per heavy atom. The molecule has 2 aliphatic carbocycles. The lowest BCUT2D eigenvalue weighted by Gasteiger charge is -2.30. The predicted molar refractivity (Wildman–Crippen MR) is 125 cm³/mol. The van der Waals surface area contributed by atoms with E-state index >= 15 is 0 Å². The number of thioether (sulfide) groups is 1. The Bertz CT molecular complexity index is 1130. The van der Waals surface area contributed by atoms with Crippen LogP contribution in [0.4, 0.5) is 13.6 Å². The van der Waals surface area contributed by atoms with Gasteiger partial charge in [-0.05, 0) is 41.0 Å². The summed E-state index contributed by atoms with van der Waals surface area (Å²) in [5.74, 6) is -6.98. The van der Waals surface area contributed by atoms with Crippen molar-refractivity contribution in [3.8, 4) is 11.1 Å². The molecule has 2 unspecified atom stereocenters. The highest BCUT2D eigenvalue weighted by atomic mass is 32.2. The topological polar surface area (TPSA) is 95.9 Å². The lowest BCUT2D eigenvalue weighted by molar-refractivity contribution is -0.164. The molecule has 1 saturated heterocycles. The highest BCUT2D eigenvalue weighted by molar-refractivity contribution is 8.00. The maximum absolute atomic E-state index is 14.8. The Hall–Kier alpha value is -3.14. The standard InChI is InChI=1S/C25H24F2N2O5S/c26-25(27,23(32)29-20(22(30)31)12-35-21(29)14-9-10-14)13-28-24(33)34-11-19-17-7-3-1-5-15(17)16-6-2-4-8-18(16)19/h1-8,14,19-21H,9-13H2,(H,28,33)(H,30,31). The van der Waals surface area contributed by atoms with Crippen molar-refractivity contribution in [3.63, 3.8) is 0 Å². The SMILES string of the molecule is O=C(NCC(F)(F)C(=O)N1C(C(=O)O)CSC1C1CC1)OCC1c2ccccc2-c2ccccc21. The number of carbonyl (C=O) groups excluding carboxylic acids is 2. The zero-order valence-electron chi connectivity index (χ0n) is 18.7. The monoisotopic (exact) mass is 502 g/mol. The van der Waals surface area contributed by atoms with E-state index in [1.54, 1.807) is 0 Å². The summed E-state index contributed by atoms with van der Waals surface area (Å²) in [6.45, 7) is -1.32. The van der Waals surface area contributed by atoms with Gasteiger partial charge in [0.2, 0.25) is 0 Å². The van der Waals surface area contributed by atoms with E-state index in [9.17, 15) is 28.3 Å². The number of carbonyl (C=O) groups is 3. The molecule has 0 aromatic heterocycles. The van der Waals surface area contributed by atoms with Gasteiger partial charge in [0, 0.05) is 11.7 Å². The lowest BCUT2D eigenvalue weighted by Crippen LogP contribution is -2.55. The fourth-order valence-corrected chi connectivity index (χ4v) is 6.45. The molecule has 2 amide bonds. The van der Waals surface area contributed by atoms with Crippen molar-refractivity contribution in [1.29, 1.82) is 0 Å². The molecule has 2 aromatic carbocycles. The first kappa shape index (κ1) is 23.6. The van der Waals surface area contributed by atoms with Crippen LogP contribution in [0.3, 0.4) is 0 Å². The number of fused-ring (bicyclic) bond motifs is 3. The number of nitrogens with one attached hydrogen (secondary N) is 1. The number of aliphatic carboxylic acids is 1. The second kappa shape index (κ2) is 9.14. The van der Waals surface area contributed by atoms with E-state index in [1.807, 2.05) is 53.8 Å². The molecular formula is C25H24F2N2O5S. The minimum absolute atomic E-state index is 0.0270. The quantitative estimate of drug-likeness (QED) is 0.596. The molecular weight excluding hydrogens is 478 g/mol. The molecule has 1 aliphatic heterocycles. The summed E-state index contributed by atoms with van der Waals surface area (Å²) in [5.41, 5.74) is 4.05. The van der Waals surface area contributed by atoms with E-state index in [0.29, 0.717) is 0 Å². The maximum atomic E-state index is 14.8. The average Bonchev–Trinajstić information content (AvgIpc) is 3.51. The Morgan fingerprint density at radius 1 is 1.06 bits per heavy atom. The number of halogens is 2. The zero-order valence-corrected chi connectivity index (χ0v) is 19.5. The van der Waals surface area contributed by atoms with E-state index in [1.165, 1.54) is 11.8 Å². The number of alkyl halides is 2. The van der Waals surface area contributed by atoms with Crippen LogP contribution < -0.4 is 5.32 Å². The van der Waals surface area contributed by atoms with Crippen LogP contribution in [0.25, 0.3) is 11.1 Å². The second-order valence-electron chi connectivity index (χ2n) is 9.01. The Morgan fingerprint density at radius 3 is 2.23 bits per heavy atom. The summed E-state index contributed by atoms with van der Waals surface area (Å²) < 4.78 is 34.9. The van der Waals surface area contributed by atoms with Crippen molar-refractivity contribution in [3.05, 3.63) is 59.7 Å². The third-order valence-electron chi connectivity index (χ3n) is 6.69. The fourth-order valence-electron chi connectivity index (χ4n) is 4.82. The predicted octanol–water partition coefficient (Wildman–Crippen LogP) is 3.93. The number of carboxylic acid groups (broad SMARTS) is 1. The summed E-state index contributed by atoms with van der Waals surface area (Å²) in [5, 5.41) is 10.8. The van der Waals surface area contributed by atoms with Gasteiger partial charge in [-0.3, -0.25) is 4.79 Å². The van der Waals surface area contributed by atoms with Gasteiger partial charge in [-0.15, -0.1) is 11.8 Å². The van der Waals surface area contributed by atoms with Crippen LogP contribution in [0.1, 0.15) is 29.9 Å². The van der Waals surface area contributed by atoms with Gasteiger partial charge >= 0.3 is 18.0 Å². The zero-order chi connectivity index (χ0) is 24.7. The molecule has 184 valence electrons. The van der Waals surface area contributed by atoms with Crippen LogP contribution in [0.2, 0.25) is 0 Å². The van der Waals surface area contributed by atoms with Crippen molar-refractivity contribution >= 4 is 29.7 Å². The summed E-state index contributed by atoms with van der Waals surface area (Å²) in [6, 6.07) is 14.2. The van der Waals surface area contributed by atoms with Gasteiger partial charge in [0.05, 0.1) is 11.9 Å². The second-order valence-corrected chi connectivity index (χ2v) is 10.2. The molecule has 0 bridgehead atoms. The molecule has 10 heteroatoms. The summed E-state index contributed by atoms with van der Waals surface area (Å²) >= 11 is 1.22. The Labute approximate surface area is 204 Å². The molecule has 2 atom stereocenters. The number of hydrogen-bond acceptors (Lipinski definition) is 5. The molecule has 2 aromatic rings. The number of rotatable bonds is 7. The normalized spacial score (nSPS) is 21.4. The highest BCUT2D eigenvalue weighted by Crippen LogP contribution is 2.47. The van der Waals surface area contributed by atoms with Crippen LogP contribution >= 0.6 is 11.8 Å². The van der Waals surface area contributed by atoms with Gasteiger partial charge in [-0.25, -0.2) is 9.59 Å². The number of amides is 2. The van der Waals surface area contributed by atoms with Gasteiger partial charge in [-0.1, -0.05) is 48.5 Å². The summed E-state index contributed by atoms with van der Waals surface area (Å²) in [6.07, 6.45) is 0.484. The maximum Gasteiger partial charge on any atom is 0.407 e. The molecule has 5 rings (SSSR count). The van der Waals surface area contributed by atoms with Gasteiger partial charge < -0.3 is 20.1 Å². The van der Waals surface area contributed by atoms with Crippen molar-refractivity contribution in [2.75, 3.05) is 18.9 Å². The molecule has 1 heterocycles. The van der Waals surface area contributed by atoms with Gasteiger partial charge in [0.25, 0.3) is 5.91 Å². The third-order valence-corrected chi connectivity index (χ3v) is 8.15. The number of hydrogen-bond donors (Lipinski definition) is 2.